The lowest BCUT2D eigenvalue weighted by atomic mass is 10.0. The number of nitrogens with two attached hydrogens (primary N) is 2. The summed E-state index contributed by atoms with van der Waals surface area (Å²) in [5.41, 5.74) is 12.2. The number of amides is 14. The summed E-state index contributed by atoms with van der Waals surface area (Å²) in [6.45, 7) is 9.92. The standard InChI is InChI=1S/C73H110N20O24S2/c1-33(2)23-45(85-64(108)48(26-41-28-77-32-80-41)87-61(105)44(20-21-53(99)100)83-67(111)50(30-118)89-69(113)55(74)36(6)94)62(106)81-35(5)59(103)84-49(27-54(101)102)66(110)92-57(37(7)95)71(115)88-46(25-40-16-18-42(97)19-17-40)63(107)82-43(15-12-22-78-73(75)76)60(104)79-29-52(98)91-56(34(3)4)70(114)90-51(31-119)68(112)86-47(24-39-13-10-9-11-14-39)65(109)93-58(38(8)96)72(116)117/h9-11,13-14,16-19,28,32-38,43-51,55-58,94-97,118-119H,12,15,20-27,29-31,74H2,1-8H3,(H,77,80)(H,79,104)(H,81,106)(H,82,107)(H,83,111)(H,84,103)(H,85,108)(H,86,112)(H,87,105)(H,88,115)(H,89,113)(H,90,114)(H,91,98)(H,92,110)(H,93,109)(H,99,100)(H,101,102)(H,116,117)(H4,75,76,78)/t35-,36+,37+,38+,43-,44-,45-,46-,47-,48-,49-,50-,51-,55-,56-,57-,58-/m0/s1. The summed E-state index contributed by atoms with van der Waals surface area (Å²) in [5.74, 6) is -22.4. The number of phenolic OH excluding ortho intramolecular Hbond substituents is 1. The lowest BCUT2D eigenvalue weighted by Crippen LogP contribution is -2.62. The van der Waals surface area contributed by atoms with Gasteiger partial charge in [-0.3, -0.25) is 82.1 Å². The number of hydrogen-bond acceptors (Lipinski definition) is 26. The van der Waals surface area contributed by atoms with Crippen LogP contribution in [0, 0.1) is 17.2 Å². The smallest absolute Gasteiger partial charge is 0.328 e. The van der Waals surface area contributed by atoms with Gasteiger partial charge in [0.05, 0.1) is 37.6 Å². The predicted octanol–water partition coefficient (Wildman–Crippen LogP) is -7.70. The number of hydrogen-bond donors (Lipinski definition) is 28. The number of aromatic nitrogens is 2. The van der Waals surface area contributed by atoms with E-state index in [2.05, 4.69) is 115 Å². The van der Waals surface area contributed by atoms with E-state index in [1.165, 1.54) is 57.6 Å². The molecule has 1 aromatic heterocycles. The van der Waals surface area contributed by atoms with Crippen molar-refractivity contribution in [3.63, 3.8) is 0 Å². The molecule has 0 bridgehead atoms. The number of benzene rings is 2. The van der Waals surface area contributed by atoms with Gasteiger partial charge in [0.15, 0.2) is 12.0 Å². The number of nitrogens with one attached hydrogen (secondary N) is 17. The minimum atomic E-state index is -2.10. The van der Waals surface area contributed by atoms with Crippen molar-refractivity contribution in [1.82, 2.24) is 89.7 Å². The van der Waals surface area contributed by atoms with Crippen molar-refractivity contribution in [2.75, 3.05) is 24.6 Å². The number of rotatable bonds is 52. The van der Waals surface area contributed by atoms with E-state index in [9.17, 15) is 117 Å². The monoisotopic (exact) mass is 1710 g/mol. The van der Waals surface area contributed by atoms with Gasteiger partial charge in [0.1, 0.15) is 84.3 Å². The largest absolute Gasteiger partial charge is 0.508 e. The molecule has 0 unspecified atom stereocenters. The Morgan fingerprint density at radius 2 is 0.908 bits per heavy atom. The Bertz CT molecular complexity index is 3980. The van der Waals surface area contributed by atoms with Gasteiger partial charge in [0, 0.05) is 55.6 Å². The molecule has 3 rings (SSSR count). The second-order valence-corrected chi connectivity index (χ2v) is 29.4. The number of phenols is 1. The molecular weight excluding hydrogens is 1610 g/mol. The number of carbonyl (C=O) groups is 17. The van der Waals surface area contributed by atoms with E-state index in [-0.39, 0.29) is 67.2 Å². The Kier molecular flexibility index (Phi) is 43.3. The summed E-state index contributed by atoms with van der Waals surface area (Å²) in [4.78, 5) is 237. The molecule has 3 aromatic rings. The van der Waals surface area contributed by atoms with Gasteiger partial charge >= 0.3 is 17.9 Å². The zero-order chi connectivity index (χ0) is 89.7. The molecule has 0 saturated carbocycles. The van der Waals surface area contributed by atoms with E-state index in [0.29, 0.717) is 5.56 Å². The van der Waals surface area contributed by atoms with Crippen LogP contribution in [-0.4, -0.2) is 280 Å². The predicted molar refractivity (Wildman–Crippen MR) is 429 cm³/mol. The Morgan fingerprint density at radius 1 is 0.462 bits per heavy atom. The van der Waals surface area contributed by atoms with E-state index in [4.69, 9.17) is 16.9 Å². The summed E-state index contributed by atoms with van der Waals surface area (Å²) in [7, 11) is 0. The maximum absolute atomic E-state index is 14.6. The van der Waals surface area contributed by atoms with Gasteiger partial charge in [-0.25, -0.2) is 9.78 Å². The number of aromatic hydroxyl groups is 1. The van der Waals surface area contributed by atoms with E-state index in [0.717, 1.165) is 20.8 Å². The minimum absolute atomic E-state index is 0.0114. The molecule has 0 fully saturated rings. The zero-order valence-corrected chi connectivity index (χ0v) is 68.4. The van der Waals surface area contributed by atoms with Gasteiger partial charge in [-0.15, -0.1) is 0 Å². The maximum Gasteiger partial charge on any atom is 0.328 e. The van der Waals surface area contributed by atoms with Crippen LogP contribution in [0.2, 0.25) is 0 Å². The van der Waals surface area contributed by atoms with E-state index < -0.39 is 254 Å². The van der Waals surface area contributed by atoms with Crippen LogP contribution in [0.1, 0.15) is 111 Å². The van der Waals surface area contributed by atoms with Gasteiger partial charge in [-0.2, -0.15) is 25.3 Å². The second kappa shape index (κ2) is 50.8. The fourth-order valence-corrected chi connectivity index (χ4v) is 11.7. The third kappa shape index (κ3) is 36.3. The fourth-order valence-electron chi connectivity index (χ4n) is 11.2. The molecule has 119 heavy (non-hydrogen) atoms. The van der Waals surface area contributed by atoms with Crippen LogP contribution >= 0.6 is 25.3 Å². The topological polar surface area (TPSA) is 717 Å². The van der Waals surface area contributed by atoms with Gasteiger partial charge < -0.3 is 132 Å². The number of imidazole rings is 1. The maximum atomic E-state index is 14.6. The fraction of sp³-hybridized carbons (Fsp3) is 0.548. The molecule has 0 saturated heterocycles. The van der Waals surface area contributed by atoms with Crippen molar-refractivity contribution >= 4 is 132 Å². The number of aromatic amines is 1. The minimum Gasteiger partial charge on any atom is -0.508 e. The van der Waals surface area contributed by atoms with Crippen LogP contribution in [0.15, 0.2) is 67.1 Å². The number of aliphatic hydroxyl groups excluding tert-OH is 3. The highest BCUT2D eigenvalue weighted by molar-refractivity contribution is 7.80. The van der Waals surface area contributed by atoms with Crippen LogP contribution in [0.5, 0.6) is 5.75 Å². The normalized spacial score (nSPS) is 15.4. The van der Waals surface area contributed by atoms with E-state index >= 15 is 0 Å². The number of carbonyl (C=O) groups excluding carboxylic acids is 14. The molecule has 2 aromatic carbocycles. The van der Waals surface area contributed by atoms with Gasteiger partial charge in [0.25, 0.3) is 0 Å². The molecule has 17 atom stereocenters. The number of thiol groups is 2. The third-order valence-electron chi connectivity index (χ3n) is 17.8. The lowest BCUT2D eigenvalue weighted by Gasteiger charge is -2.28. The SMILES string of the molecule is CC(C)C[C@H](NC(=O)[C@H](Cc1cnc[nH]1)NC(=O)[C@H](CCC(=O)O)NC(=O)[C@H](CS)NC(=O)[C@@H](N)[C@@H](C)O)C(=O)N[C@@H](C)C(=O)N[C@@H](CC(=O)O)C(=O)N[C@H](C(=O)N[C@@H](Cc1ccc(O)cc1)C(=O)N[C@@H](CCCNC(=N)N)C(=O)NCC(=O)N[C@H](C(=O)N[C@@H](CS)C(=O)N[C@@H](Cc1ccccc1)C(=O)N[C@H](C(=O)O)[C@@H](C)O)C(C)C)[C@@H](C)O. The number of guanidine groups is 1. The molecule has 28 N–H and O–H groups in total. The summed E-state index contributed by atoms with van der Waals surface area (Å²) < 4.78 is 0. The molecule has 0 spiro atoms. The molecule has 1 heterocycles. The van der Waals surface area contributed by atoms with Crippen molar-refractivity contribution in [3.8, 4) is 5.75 Å². The summed E-state index contributed by atoms with van der Waals surface area (Å²) in [6.07, 6.45) is -6.13. The lowest BCUT2D eigenvalue weighted by molar-refractivity contribution is -0.145. The van der Waals surface area contributed by atoms with Crippen LogP contribution in [-0.2, 0) is 101 Å². The molecular formula is C73H110N20O24S2. The molecule has 0 aliphatic heterocycles. The summed E-state index contributed by atoms with van der Waals surface area (Å²) >= 11 is 8.30. The number of aliphatic hydroxyl groups is 3. The third-order valence-corrected chi connectivity index (χ3v) is 18.5. The Balaban J connectivity index is 1.88. The second-order valence-electron chi connectivity index (χ2n) is 28.7. The highest BCUT2D eigenvalue weighted by atomic mass is 32.1. The van der Waals surface area contributed by atoms with E-state index in [1.807, 2.05) is 0 Å². The van der Waals surface area contributed by atoms with Crippen molar-refractivity contribution < 1.29 is 117 Å². The van der Waals surface area contributed by atoms with E-state index in [1.54, 1.807) is 44.2 Å². The quantitative estimate of drug-likeness (QED) is 0.0108. The van der Waals surface area contributed by atoms with Gasteiger partial charge in [-0.1, -0.05) is 70.2 Å². The first kappa shape index (κ1) is 101. The van der Waals surface area contributed by atoms with Crippen molar-refractivity contribution in [3.05, 3.63) is 83.9 Å². The molecule has 0 aliphatic rings. The highest BCUT2D eigenvalue weighted by Crippen LogP contribution is 2.16. The zero-order valence-electron chi connectivity index (χ0n) is 66.6. The van der Waals surface area contributed by atoms with Crippen LogP contribution in [0.25, 0.3) is 0 Å². The van der Waals surface area contributed by atoms with Crippen molar-refractivity contribution in [2.45, 2.75) is 216 Å². The molecule has 0 radical (unpaired) electrons. The van der Waals surface area contributed by atoms with Gasteiger partial charge in [-0.05, 0) is 88.5 Å². The van der Waals surface area contributed by atoms with Crippen LogP contribution in [0.4, 0.5) is 0 Å². The molecule has 0 aliphatic carbocycles. The van der Waals surface area contributed by atoms with Crippen molar-refractivity contribution in [1.29, 1.82) is 5.41 Å². The van der Waals surface area contributed by atoms with Gasteiger partial charge in [0.2, 0.25) is 82.7 Å². The average molecular weight is 1720 g/mol. The van der Waals surface area contributed by atoms with Crippen LogP contribution < -0.4 is 91.2 Å². The first-order valence-electron chi connectivity index (χ1n) is 37.6. The summed E-state index contributed by atoms with van der Waals surface area (Å²) in [5, 5.41) is 113. The first-order valence-corrected chi connectivity index (χ1v) is 38.9. The molecule has 658 valence electrons. The Labute approximate surface area is 694 Å². The average Bonchev–Trinajstić information content (AvgIpc) is 0.855. The Hall–Kier alpha value is -11.8. The number of nitrogens with zero attached hydrogens (tertiary/aromatic N) is 1. The Morgan fingerprint density at radius 3 is 1.39 bits per heavy atom. The highest BCUT2D eigenvalue weighted by Gasteiger charge is 2.39. The van der Waals surface area contributed by atoms with Crippen molar-refractivity contribution in [2.24, 2.45) is 23.3 Å². The number of aliphatic carboxylic acids is 3. The first-order chi connectivity index (χ1) is 55.9. The summed E-state index contributed by atoms with van der Waals surface area (Å²) in [6, 6.07) is -9.77. The number of H-pyrrole nitrogens is 1. The van der Waals surface area contributed by atoms with Crippen LogP contribution in [0.3, 0.4) is 0 Å². The molecule has 14 amide bonds. The number of carboxylic acid groups (broad SMARTS) is 3. The molecule has 44 nitrogen and oxygen atoms in total. The molecule has 46 heteroatoms. The number of carboxylic acids is 3.